The first-order chi connectivity index (χ1) is 14.5. The van der Waals surface area contributed by atoms with Gasteiger partial charge in [0.2, 0.25) is 13.7 Å². The van der Waals surface area contributed by atoms with Crippen LogP contribution in [0.2, 0.25) is 0 Å². The predicted octanol–water partition coefficient (Wildman–Crippen LogP) is 3.08. The lowest BCUT2D eigenvalue weighted by Crippen LogP contribution is -2.05. The summed E-state index contributed by atoms with van der Waals surface area (Å²) in [5.74, 6) is 1.81. The molecule has 0 unspecified atom stereocenters. The van der Waals surface area contributed by atoms with E-state index in [9.17, 15) is 0 Å². The number of aliphatic imine (C=N–C) groups is 1. The van der Waals surface area contributed by atoms with Crippen molar-refractivity contribution in [1.29, 1.82) is 0 Å². The topological polar surface area (TPSA) is 71.0 Å². The molecule has 3 rings (SSSR count). The maximum absolute atomic E-state index is 5.89. The van der Waals surface area contributed by atoms with Crippen LogP contribution in [0.4, 0.5) is 0 Å². The van der Waals surface area contributed by atoms with E-state index in [0.717, 1.165) is 40.2 Å². The van der Waals surface area contributed by atoms with Crippen molar-refractivity contribution in [3.8, 4) is 17.2 Å². The molecule has 2 heterocycles. The SMILES string of the molecule is Bn1cccc1/C(CCN)=C1N=C(/C=C/c2cc(OC)c(OC)c(OC)c2)C=C\1C. The van der Waals surface area contributed by atoms with Crippen molar-refractivity contribution < 1.29 is 14.2 Å². The molecule has 1 aliphatic heterocycles. The zero-order valence-corrected chi connectivity index (χ0v) is 18.2. The van der Waals surface area contributed by atoms with Gasteiger partial charge in [-0.2, -0.15) is 0 Å². The second-order valence-electron chi connectivity index (χ2n) is 7.03. The van der Waals surface area contributed by atoms with Gasteiger partial charge < -0.3 is 24.4 Å². The Morgan fingerprint density at radius 1 is 1.13 bits per heavy atom. The van der Waals surface area contributed by atoms with Crippen molar-refractivity contribution in [2.45, 2.75) is 13.3 Å². The quantitative estimate of drug-likeness (QED) is 0.686. The zero-order valence-electron chi connectivity index (χ0n) is 18.2. The number of aromatic nitrogens is 1. The van der Waals surface area contributed by atoms with Crippen LogP contribution in [-0.4, -0.2) is 46.0 Å². The number of allylic oxidation sites excluding steroid dienone is 3. The molecule has 0 fully saturated rings. The molecule has 30 heavy (non-hydrogen) atoms. The number of nitrogens with two attached hydrogens (primary N) is 1. The van der Waals surface area contributed by atoms with E-state index in [-0.39, 0.29) is 0 Å². The van der Waals surface area contributed by atoms with Gasteiger partial charge in [-0.05, 0) is 73.6 Å². The van der Waals surface area contributed by atoms with E-state index in [2.05, 4.69) is 23.5 Å². The highest BCUT2D eigenvalue weighted by Gasteiger charge is 2.17. The van der Waals surface area contributed by atoms with Crippen LogP contribution in [0.25, 0.3) is 11.6 Å². The van der Waals surface area contributed by atoms with Gasteiger partial charge in [0.05, 0.1) is 32.7 Å². The van der Waals surface area contributed by atoms with Crippen LogP contribution in [0.3, 0.4) is 0 Å². The first-order valence-electron chi connectivity index (χ1n) is 9.82. The average Bonchev–Trinajstić information content (AvgIpc) is 3.34. The smallest absolute Gasteiger partial charge is 0.223 e. The van der Waals surface area contributed by atoms with Gasteiger partial charge >= 0.3 is 0 Å². The molecule has 0 atom stereocenters. The summed E-state index contributed by atoms with van der Waals surface area (Å²) in [4.78, 5) is 4.88. The number of methoxy groups -OCH3 is 3. The molecular weight excluding hydrogens is 377 g/mol. The normalized spacial score (nSPS) is 15.2. The predicted molar refractivity (Wildman–Crippen MR) is 125 cm³/mol. The molecule has 0 radical (unpaired) electrons. The van der Waals surface area contributed by atoms with Gasteiger partial charge in [-0.15, -0.1) is 0 Å². The first-order valence-corrected chi connectivity index (χ1v) is 9.82. The standard InChI is InChI=1S/C23H28BN3O3/c1-15-12-17(26-22(15)18(9-10-25)19-6-5-11-27(19)24)8-7-16-13-20(28-2)23(30-4)21(14-16)29-3/h5-8,11-14H,9-10,24-25H2,1-4H3/b8-7+,22-18-. The second-order valence-corrected chi connectivity index (χ2v) is 7.03. The summed E-state index contributed by atoms with van der Waals surface area (Å²) in [6.45, 7) is 2.65. The maximum atomic E-state index is 5.89. The fraction of sp³-hybridized carbons (Fsp3) is 0.261. The minimum absolute atomic E-state index is 0.573. The molecule has 0 aliphatic carbocycles. The molecule has 0 saturated heterocycles. The summed E-state index contributed by atoms with van der Waals surface area (Å²) in [5.41, 5.74) is 12.1. The summed E-state index contributed by atoms with van der Waals surface area (Å²) in [5, 5.41) is 0. The number of rotatable bonds is 8. The summed E-state index contributed by atoms with van der Waals surface area (Å²) >= 11 is 0. The van der Waals surface area contributed by atoms with Crippen LogP contribution in [0.5, 0.6) is 17.2 Å². The molecule has 156 valence electrons. The first kappa shape index (κ1) is 21.5. The molecule has 0 amide bonds. The van der Waals surface area contributed by atoms with E-state index in [1.807, 2.05) is 44.5 Å². The third kappa shape index (κ3) is 4.36. The highest BCUT2D eigenvalue weighted by Crippen LogP contribution is 2.38. The third-order valence-electron chi connectivity index (χ3n) is 5.05. The molecule has 0 bridgehead atoms. The Morgan fingerprint density at radius 3 is 2.37 bits per heavy atom. The van der Waals surface area contributed by atoms with Gasteiger partial charge in [-0.25, -0.2) is 4.99 Å². The molecule has 0 saturated carbocycles. The molecular formula is C23H28BN3O3. The van der Waals surface area contributed by atoms with Gasteiger partial charge in [-0.1, -0.05) is 6.08 Å². The van der Waals surface area contributed by atoms with Gasteiger partial charge in [0.15, 0.2) is 11.5 Å². The zero-order chi connectivity index (χ0) is 21.7. The minimum atomic E-state index is 0.573. The molecule has 2 aromatic rings. The van der Waals surface area contributed by atoms with E-state index in [1.165, 1.54) is 0 Å². The highest BCUT2D eigenvalue weighted by molar-refractivity contribution is 6.11. The van der Waals surface area contributed by atoms with Crippen molar-refractivity contribution in [1.82, 2.24) is 4.48 Å². The number of ether oxygens (including phenoxy) is 3. The molecule has 1 aliphatic rings. The van der Waals surface area contributed by atoms with Crippen LogP contribution in [-0.2, 0) is 0 Å². The molecule has 7 heteroatoms. The van der Waals surface area contributed by atoms with Crippen molar-refractivity contribution in [2.24, 2.45) is 10.7 Å². The van der Waals surface area contributed by atoms with Gasteiger partial charge in [-0.3, -0.25) is 0 Å². The molecule has 6 nitrogen and oxygen atoms in total. The van der Waals surface area contributed by atoms with Crippen molar-refractivity contribution in [2.75, 3.05) is 27.9 Å². The van der Waals surface area contributed by atoms with E-state index < -0.39 is 0 Å². The van der Waals surface area contributed by atoms with Gasteiger partial charge in [0.25, 0.3) is 0 Å². The molecule has 2 N–H and O–H groups in total. The van der Waals surface area contributed by atoms with E-state index >= 15 is 0 Å². The second kappa shape index (κ2) is 9.54. The fourth-order valence-electron chi connectivity index (χ4n) is 3.60. The Balaban J connectivity index is 1.96. The summed E-state index contributed by atoms with van der Waals surface area (Å²) in [7, 11) is 6.85. The van der Waals surface area contributed by atoms with Crippen molar-refractivity contribution in [3.05, 3.63) is 65.1 Å². The van der Waals surface area contributed by atoms with Gasteiger partial charge in [0.1, 0.15) is 0 Å². The molecule has 1 aromatic heterocycles. The number of hydrogen-bond acceptors (Lipinski definition) is 5. The molecule has 0 spiro atoms. The minimum Gasteiger partial charge on any atom is -0.493 e. The van der Waals surface area contributed by atoms with Crippen LogP contribution in [0.1, 0.15) is 24.6 Å². The number of benzene rings is 1. The summed E-state index contributed by atoms with van der Waals surface area (Å²) in [6, 6.07) is 7.95. The number of hydrogen-bond donors (Lipinski definition) is 1. The Morgan fingerprint density at radius 2 is 1.83 bits per heavy atom. The number of nitrogens with zero attached hydrogens (tertiary/aromatic N) is 2. The lowest BCUT2D eigenvalue weighted by atomic mass is 10.0. The summed E-state index contributed by atoms with van der Waals surface area (Å²) < 4.78 is 18.4. The lowest BCUT2D eigenvalue weighted by molar-refractivity contribution is 0.324. The lowest BCUT2D eigenvalue weighted by Gasteiger charge is -2.12. The Bertz CT molecular complexity index is 1020. The molecule has 1 aromatic carbocycles. The van der Waals surface area contributed by atoms with Gasteiger partial charge in [0, 0.05) is 11.3 Å². The highest BCUT2D eigenvalue weighted by atomic mass is 16.5. The Hall–Kier alpha value is -3.19. The van der Waals surface area contributed by atoms with E-state index in [0.29, 0.717) is 23.8 Å². The summed E-state index contributed by atoms with van der Waals surface area (Å²) in [6.07, 6.45) is 8.87. The van der Waals surface area contributed by atoms with E-state index in [4.69, 9.17) is 24.9 Å². The monoisotopic (exact) mass is 405 g/mol. The Labute approximate surface area is 178 Å². The van der Waals surface area contributed by atoms with E-state index in [1.54, 1.807) is 21.3 Å². The largest absolute Gasteiger partial charge is 0.493 e. The van der Waals surface area contributed by atoms with Crippen LogP contribution in [0.15, 0.2) is 58.9 Å². The third-order valence-corrected chi connectivity index (χ3v) is 5.05. The van der Waals surface area contributed by atoms with Crippen molar-refractivity contribution >= 4 is 25.3 Å². The van der Waals surface area contributed by atoms with Crippen LogP contribution >= 0.6 is 0 Å². The van der Waals surface area contributed by atoms with Crippen LogP contribution < -0.4 is 19.9 Å². The Kier molecular flexibility index (Phi) is 6.85. The van der Waals surface area contributed by atoms with Crippen LogP contribution in [0, 0.1) is 0 Å². The average molecular weight is 405 g/mol. The fourth-order valence-corrected chi connectivity index (χ4v) is 3.60. The van der Waals surface area contributed by atoms with Crippen molar-refractivity contribution in [3.63, 3.8) is 0 Å². The maximum Gasteiger partial charge on any atom is 0.223 e.